The molecule has 0 atom stereocenters. The Labute approximate surface area is 146 Å². The Morgan fingerprint density at radius 3 is 2.56 bits per heavy atom. The van der Waals surface area contributed by atoms with E-state index in [0.29, 0.717) is 28.7 Å². The van der Waals surface area contributed by atoms with Gasteiger partial charge in [-0.2, -0.15) is 4.98 Å². The Morgan fingerprint density at radius 2 is 1.96 bits per heavy atom. The van der Waals surface area contributed by atoms with Crippen molar-refractivity contribution in [3.8, 4) is 35.0 Å². The van der Waals surface area contributed by atoms with Crippen molar-refractivity contribution >= 4 is 0 Å². The molecule has 7 heteroatoms. The minimum atomic E-state index is -1.08. The van der Waals surface area contributed by atoms with Crippen LogP contribution in [0.4, 0.5) is 0 Å². The zero-order valence-electron chi connectivity index (χ0n) is 14.7. The van der Waals surface area contributed by atoms with Gasteiger partial charge in [0.05, 0.1) is 19.8 Å². The number of hydrogen-bond acceptors (Lipinski definition) is 7. The normalized spacial score (nSPS) is 13.8. The summed E-state index contributed by atoms with van der Waals surface area (Å²) in [6, 6.07) is 2.18. The molecule has 1 fully saturated rings. The van der Waals surface area contributed by atoms with Crippen molar-refractivity contribution in [2.75, 3.05) is 14.2 Å². The van der Waals surface area contributed by atoms with Crippen molar-refractivity contribution in [3.63, 3.8) is 0 Å². The van der Waals surface area contributed by atoms with Crippen molar-refractivity contribution in [2.45, 2.75) is 38.2 Å². The molecule has 2 heterocycles. The van der Waals surface area contributed by atoms with Crippen LogP contribution in [0.2, 0.25) is 0 Å². The lowest BCUT2D eigenvalue weighted by atomic mass is 10.1. The van der Waals surface area contributed by atoms with E-state index in [1.54, 1.807) is 20.0 Å². The van der Waals surface area contributed by atoms with E-state index in [1.807, 2.05) is 6.07 Å². The summed E-state index contributed by atoms with van der Waals surface area (Å²) >= 11 is 0. The fraction of sp³-hybridized carbons (Fsp3) is 0.444. The molecule has 0 spiro atoms. The number of rotatable bonds is 4. The van der Waals surface area contributed by atoms with Gasteiger partial charge < -0.3 is 14.6 Å². The molecule has 7 nitrogen and oxygen atoms in total. The Bertz CT molecular complexity index is 846. The summed E-state index contributed by atoms with van der Waals surface area (Å²) in [6.45, 7) is 3.27. The van der Waals surface area contributed by atoms with Crippen molar-refractivity contribution in [3.05, 3.63) is 23.5 Å². The molecule has 130 valence electrons. The van der Waals surface area contributed by atoms with E-state index in [-0.39, 0.29) is 6.01 Å². The topological polar surface area (TPSA) is 90.2 Å². The van der Waals surface area contributed by atoms with Gasteiger partial charge in [-0.05, 0) is 50.2 Å². The maximum atomic E-state index is 9.81. The molecule has 25 heavy (non-hydrogen) atoms. The Morgan fingerprint density at radius 1 is 1.20 bits per heavy atom. The van der Waals surface area contributed by atoms with Crippen LogP contribution >= 0.6 is 0 Å². The van der Waals surface area contributed by atoms with Crippen LogP contribution in [0.3, 0.4) is 0 Å². The summed E-state index contributed by atoms with van der Waals surface area (Å²) in [4.78, 5) is 8.30. The summed E-state index contributed by atoms with van der Waals surface area (Å²) < 4.78 is 10.3. The Kier molecular flexibility index (Phi) is 4.55. The highest BCUT2D eigenvalue weighted by Crippen LogP contribution is 2.42. The first kappa shape index (κ1) is 17.1. The second-order valence-corrected chi connectivity index (χ2v) is 6.40. The molecule has 1 aliphatic carbocycles. The van der Waals surface area contributed by atoms with E-state index in [2.05, 4.69) is 32.0 Å². The molecule has 1 saturated carbocycles. The van der Waals surface area contributed by atoms with E-state index in [4.69, 9.17) is 9.47 Å². The third kappa shape index (κ3) is 4.03. The first-order valence-electron chi connectivity index (χ1n) is 8.00. The van der Waals surface area contributed by atoms with Gasteiger partial charge >= 0.3 is 6.01 Å². The van der Waals surface area contributed by atoms with Gasteiger partial charge in [0.1, 0.15) is 17.0 Å². The molecule has 0 amide bonds. The predicted molar refractivity (Wildman–Crippen MR) is 91.3 cm³/mol. The first-order valence-corrected chi connectivity index (χ1v) is 8.00. The van der Waals surface area contributed by atoms with Crippen LogP contribution in [-0.4, -0.2) is 45.1 Å². The monoisotopic (exact) mass is 340 g/mol. The molecule has 1 N–H and O–H groups in total. The Hall–Kier alpha value is -2.72. The molecule has 0 bridgehead atoms. The standard InChI is InChI=1S/C18H20N4O3/c1-18(2,23)8-7-14-12(11-5-6-11)9-15(22-21-14)13-10-19-17(25-4)20-16(13)24-3/h9-11,23H,5-6H2,1-4H3. The highest BCUT2D eigenvalue weighted by Gasteiger charge is 2.28. The van der Waals surface area contributed by atoms with Crippen LogP contribution in [0, 0.1) is 11.8 Å². The van der Waals surface area contributed by atoms with Gasteiger partial charge in [0, 0.05) is 6.20 Å². The lowest BCUT2D eigenvalue weighted by molar-refractivity contribution is 0.143. The molecule has 0 unspecified atom stereocenters. The summed E-state index contributed by atoms with van der Waals surface area (Å²) in [5.74, 6) is 6.53. The maximum absolute atomic E-state index is 9.81. The first-order chi connectivity index (χ1) is 11.9. The molecular formula is C18H20N4O3. The van der Waals surface area contributed by atoms with E-state index < -0.39 is 5.60 Å². The van der Waals surface area contributed by atoms with Crippen LogP contribution < -0.4 is 9.47 Å². The van der Waals surface area contributed by atoms with Gasteiger partial charge in [-0.1, -0.05) is 5.92 Å². The second-order valence-electron chi connectivity index (χ2n) is 6.40. The fourth-order valence-electron chi connectivity index (χ4n) is 2.33. The third-order valence-corrected chi connectivity index (χ3v) is 3.71. The predicted octanol–water partition coefficient (Wildman–Crippen LogP) is 1.95. The second kappa shape index (κ2) is 6.65. The van der Waals surface area contributed by atoms with Gasteiger partial charge in [0.25, 0.3) is 0 Å². The molecule has 2 aromatic heterocycles. The molecule has 0 aliphatic heterocycles. The van der Waals surface area contributed by atoms with Gasteiger partial charge in [0.2, 0.25) is 5.88 Å². The smallest absolute Gasteiger partial charge is 0.319 e. The van der Waals surface area contributed by atoms with E-state index in [9.17, 15) is 5.11 Å². The molecule has 0 saturated heterocycles. The highest BCUT2D eigenvalue weighted by molar-refractivity contribution is 5.65. The number of aromatic nitrogens is 4. The number of aliphatic hydroxyl groups is 1. The molecule has 0 aromatic carbocycles. The van der Waals surface area contributed by atoms with Crippen molar-refractivity contribution < 1.29 is 14.6 Å². The maximum Gasteiger partial charge on any atom is 0.319 e. The van der Waals surface area contributed by atoms with Gasteiger partial charge in [-0.15, -0.1) is 10.2 Å². The van der Waals surface area contributed by atoms with E-state index in [0.717, 1.165) is 18.4 Å². The zero-order chi connectivity index (χ0) is 18.0. The van der Waals surface area contributed by atoms with E-state index >= 15 is 0 Å². The molecule has 1 aliphatic rings. The lowest BCUT2D eigenvalue weighted by Gasteiger charge is -2.10. The average molecular weight is 340 g/mol. The minimum absolute atomic E-state index is 0.226. The number of ether oxygens (including phenoxy) is 2. The van der Waals surface area contributed by atoms with E-state index in [1.165, 1.54) is 14.2 Å². The molecule has 3 rings (SSSR count). The summed E-state index contributed by atoms with van der Waals surface area (Å²) in [5.41, 5.74) is 1.81. The SMILES string of the molecule is COc1ncc(-c2cc(C3CC3)c(C#CC(C)(C)O)nn2)c(OC)n1. The average Bonchev–Trinajstić information content (AvgIpc) is 3.43. The van der Waals surface area contributed by atoms with Gasteiger partial charge in [-0.3, -0.25) is 0 Å². The summed E-state index contributed by atoms with van der Waals surface area (Å²) in [7, 11) is 3.03. The largest absolute Gasteiger partial charge is 0.480 e. The summed E-state index contributed by atoms with van der Waals surface area (Å²) in [5, 5.41) is 18.3. The summed E-state index contributed by atoms with van der Waals surface area (Å²) in [6.07, 6.45) is 3.80. The highest BCUT2D eigenvalue weighted by atomic mass is 16.5. The third-order valence-electron chi connectivity index (χ3n) is 3.71. The molecular weight excluding hydrogens is 320 g/mol. The zero-order valence-corrected chi connectivity index (χ0v) is 14.7. The molecule has 2 aromatic rings. The van der Waals surface area contributed by atoms with Crippen molar-refractivity contribution in [1.82, 2.24) is 20.2 Å². The quantitative estimate of drug-likeness (QED) is 0.851. The lowest BCUT2D eigenvalue weighted by Crippen LogP contribution is -2.14. The minimum Gasteiger partial charge on any atom is -0.480 e. The van der Waals surface area contributed by atoms with Crippen LogP contribution in [0.5, 0.6) is 11.9 Å². The number of methoxy groups -OCH3 is 2. The van der Waals surface area contributed by atoms with Gasteiger partial charge in [0.15, 0.2) is 0 Å². The van der Waals surface area contributed by atoms with Crippen LogP contribution in [-0.2, 0) is 0 Å². The van der Waals surface area contributed by atoms with Gasteiger partial charge in [-0.25, -0.2) is 4.98 Å². The van der Waals surface area contributed by atoms with Crippen molar-refractivity contribution in [2.24, 2.45) is 0 Å². The molecule has 0 radical (unpaired) electrons. The fourth-order valence-corrected chi connectivity index (χ4v) is 2.33. The number of nitrogens with zero attached hydrogens (tertiary/aromatic N) is 4. The van der Waals surface area contributed by atoms with Crippen LogP contribution in [0.25, 0.3) is 11.3 Å². The number of hydrogen-bond donors (Lipinski definition) is 1. The Balaban J connectivity index is 2.04. The van der Waals surface area contributed by atoms with Crippen LogP contribution in [0.1, 0.15) is 43.9 Å². The van der Waals surface area contributed by atoms with Crippen LogP contribution in [0.15, 0.2) is 12.3 Å². The van der Waals surface area contributed by atoms with Crippen molar-refractivity contribution in [1.29, 1.82) is 0 Å².